The Kier molecular flexibility index (Phi) is 24.7. The zero-order valence-corrected chi connectivity index (χ0v) is 29.4. The van der Waals surface area contributed by atoms with Gasteiger partial charge in [-0.1, -0.05) is 117 Å². The molecule has 1 rings (SSSR count). The Hall–Kier alpha value is -0.880. The first-order chi connectivity index (χ1) is 20.5. The van der Waals surface area contributed by atoms with Crippen LogP contribution in [0.5, 0.6) is 17.2 Å². The van der Waals surface area contributed by atoms with Gasteiger partial charge in [-0.05, 0) is 56.6 Å². The van der Waals surface area contributed by atoms with Crippen LogP contribution >= 0.6 is 18.2 Å². The van der Waals surface area contributed by atoms with Crippen LogP contribution < -0.4 is 14.2 Å². The SMILES string of the molecule is CCCCCCCCOc1cc(SP(=O)(OCC)OCC)cc(OCCCCCCCC)c1OCCCCCCCC. The monoisotopic (exact) mass is 630 g/mol. The number of hydrogen-bond donors (Lipinski definition) is 0. The molecule has 0 saturated heterocycles. The third-order valence-electron chi connectivity index (χ3n) is 7.04. The maximum absolute atomic E-state index is 13.4. The van der Waals surface area contributed by atoms with Gasteiger partial charge in [-0.15, -0.1) is 0 Å². The highest BCUT2D eigenvalue weighted by Gasteiger charge is 2.28. The van der Waals surface area contributed by atoms with Gasteiger partial charge in [0.2, 0.25) is 5.75 Å². The van der Waals surface area contributed by atoms with E-state index in [0.717, 1.165) is 54.8 Å². The van der Waals surface area contributed by atoms with Crippen molar-refractivity contribution in [1.82, 2.24) is 0 Å². The second-order valence-corrected chi connectivity index (χ2v) is 14.9. The second kappa shape index (κ2) is 26.5. The van der Waals surface area contributed by atoms with Crippen molar-refractivity contribution in [3.63, 3.8) is 0 Å². The smallest absolute Gasteiger partial charge is 0.393 e. The predicted octanol–water partition coefficient (Wildman–Crippen LogP) is 12.2. The van der Waals surface area contributed by atoms with Crippen molar-refractivity contribution in [2.24, 2.45) is 0 Å². The van der Waals surface area contributed by atoms with E-state index in [1.165, 1.54) is 77.0 Å². The Morgan fingerprint density at radius 3 is 1.26 bits per heavy atom. The number of hydrogen-bond acceptors (Lipinski definition) is 7. The van der Waals surface area contributed by atoms with E-state index in [2.05, 4.69) is 20.8 Å². The van der Waals surface area contributed by atoms with Crippen LogP contribution in [0.4, 0.5) is 0 Å². The molecule has 42 heavy (non-hydrogen) atoms. The van der Waals surface area contributed by atoms with E-state index >= 15 is 0 Å². The van der Waals surface area contributed by atoms with Crippen LogP contribution in [0.25, 0.3) is 0 Å². The lowest BCUT2D eigenvalue weighted by Crippen LogP contribution is -2.06. The molecular formula is C34H63O6PS. The maximum atomic E-state index is 13.4. The third kappa shape index (κ3) is 18.7. The Labute approximate surface area is 263 Å². The summed E-state index contributed by atoms with van der Waals surface area (Å²) in [5.41, 5.74) is 0. The Morgan fingerprint density at radius 1 is 0.524 bits per heavy atom. The Balaban J connectivity index is 3.10. The molecule has 0 bridgehead atoms. The quantitative estimate of drug-likeness (QED) is 0.0619. The minimum atomic E-state index is -3.37. The molecule has 0 aliphatic rings. The van der Waals surface area contributed by atoms with E-state index < -0.39 is 6.80 Å². The van der Waals surface area contributed by atoms with Gasteiger partial charge in [0.15, 0.2) is 11.5 Å². The van der Waals surface area contributed by atoms with Crippen LogP contribution in [-0.4, -0.2) is 33.0 Å². The van der Waals surface area contributed by atoms with Crippen molar-refractivity contribution in [1.29, 1.82) is 0 Å². The zero-order valence-electron chi connectivity index (χ0n) is 27.7. The van der Waals surface area contributed by atoms with Gasteiger partial charge in [0.1, 0.15) is 0 Å². The first-order valence-corrected chi connectivity index (χ1v) is 20.1. The normalized spacial score (nSPS) is 11.6. The van der Waals surface area contributed by atoms with Crippen molar-refractivity contribution in [3.05, 3.63) is 12.1 Å². The van der Waals surface area contributed by atoms with Crippen LogP contribution in [0.3, 0.4) is 0 Å². The molecule has 0 amide bonds. The third-order valence-corrected chi connectivity index (χ3v) is 10.8. The van der Waals surface area contributed by atoms with E-state index in [9.17, 15) is 4.57 Å². The summed E-state index contributed by atoms with van der Waals surface area (Å²) < 4.78 is 43.6. The maximum Gasteiger partial charge on any atom is 0.393 e. The molecule has 1 aromatic carbocycles. The fourth-order valence-corrected chi connectivity index (χ4v) is 8.11. The lowest BCUT2D eigenvalue weighted by molar-refractivity contribution is 0.233. The van der Waals surface area contributed by atoms with Crippen molar-refractivity contribution < 1.29 is 27.8 Å². The highest BCUT2D eigenvalue weighted by atomic mass is 32.7. The molecule has 6 nitrogen and oxygen atoms in total. The van der Waals surface area contributed by atoms with Crippen LogP contribution in [0.2, 0.25) is 0 Å². The van der Waals surface area contributed by atoms with E-state index in [1.54, 1.807) is 0 Å². The lowest BCUT2D eigenvalue weighted by Gasteiger charge is -2.20. The van der Waals surface area contributed by atoms with Gasteiger partial charge < -0.3 is 23.3 Å². The number of unbranched alkanes of at least 4 members (excludes halogenated alkanes) is 15. The summed E-state index contributed by atoms with van der Waals surface area (Å²) in [6.07, 6.45) is 21.5. The number of rotatable bonds is 30. The van der Waals surface area contributed by atoms with Gasteiger partial charge in [-0.3, -0.25) is 0 Å². The van der Waals surface area contributed by atoms with E-state index in [-0.39, 0.29) is 0 Å². The lowest BCUT2D eigenvalue weighted by atomic mass is 10.1. The number of benzene rings is 1. The molecule has 8 heteroatoms. The largest absolute Gasteiger partial charge is 0.490 e. The van der Waals surface area contributed by atoms with Crippen molar-refractivity contribution in [2.45, 2.75) is 155 Å². The molecule has 0 heterocycles. The summed E-state index contributed by atoms with van der Waals surface area (Å²) in [5, 5.41) is 0. The molecule has 0 aliphatic carbocycles. The zero-order chi connectivity index (χ0) is 30.7. The predicted molar refractivity (Wildman–Crippen MR) is 180 cm³/mol. The topological polar surface area (TPSA) is 63.2 Å². The summed E-state index contributed by atoms with van der Waals surface area (Å²) in [6.45, 7) is 9.48. The highest BCUT2D eigenvalue weighted by molar-refractivity contribution is 8.55. The second-order valence-electron chi connectivity index (χ2n) is 11.0. The molecule has 0 unspecified atom stereocenters. The fourth-order valence-electron chi connectivity index (χ4n) is 4.68. The van der Waals surface area contributed by atoms with Crippen LogP contribution in [0, 0.1) is 0 Å². The molecule has 0 N–H and O–H groups in total. The molecule has 0 saturated carbocycles. The van der Waals surface area contributed by atoms with Gasteiger partial charge in [-0.25, -0.2) is 4.57 Å². The summed E-state index contributed by atoms with van der Waals surface area (Å²) in [4.78, 5) is 0.739. The van der Waals surface area contributed by atoms with Crippen LogP contribution in [-0.2, 0) is 13.6 Å². The molecule has 0 spiro atoms. The molecule has 246 valence electrons. The number of ether oxygens (including phenoxy) is 3. The molecular weight excluding hydrogens is 567 g/mol. The van der Waals surface area contributed by atoms with Crippen molar-refractivity contribution in [2.75, 3.05) is 33.0 Å². The summed E-state index contributed by atoms with van der Waals surface area (Å²) in [6, 6.07) is 3.83. The Bertz CT molecular complexity index is 772. The molecule has 0 atom stereocenters. The van der Waals surface area contributed by atoms with Gasteiger partial charge in [0.25, 0.3) is 0 Å². The van der Waals surface area contributed by atoms with Gasteiger partial charge in [-0.2, -0.15) is 0 Å². The van der Waals surface area contributed by atoms with Crippen molar-refractivity contribution >= 4 is 18.2 Å². The van der Waals surface area contributed by atoms with Crippen molar-refractivity contribution in [3.8, 4) is 17.2 Å². The van der Waals surface area contributed by atoms with Gasteiger partial charge in [0.05, 0.1) is 33.0 Å². The average Bonchev–Trinajstić information content (AvgIpc) is 2.96. The minimum absolute atomic E-state index is 0.312. The van der Waals surface area contributed by atoms with Gasteiger partial charge >= 0.3 is 6.80 Å². The van der Waals surface area contributed by atoms with Crippen LogP contribution in [0.1, 0.15) is 150 Å². The average molecular weight is 631 g/mol. The highest BCUT2D eigenvalue weighted by Crippen LogP contribution is 2.64. The minimum Gasteiger partial charge on any atom is -0.490 e. The fraction of sp³-hybridized carbons (Fsp3) is 0.824. The van der Waals surface area contributed by atoms with Gasteiger partial charge in [0, 0.05) is 4.90 Å². The molecule has 0 aromatic heterocycles. The van der Waals surface area contributed by atoms with E-state index in [1.807, 2.05) is 26.0 Å². The van der Waals surface area contributed by atoms with E-state index in [4.69, 9.17) is 23.3 Å². The summed E-state index contributed by atoms with van der Waals surface area (Å²) in [7, 11) is 0. The first kappa shape index (κ1) is 39.1. The first-order valence-electron chi connectivity index (χ1n) is 17.2. The molecule has 0 aliphatic heterocycles. The Morgan fingerprint density at radius 2 is 0.881 bits per heavy atom. The summed E-state index contributed by atoms with van der Waals surface area (Å²) >= 11 is 1.12. The molecule has 1 aromatic rings. The van der Waals surface area contributed by atoms with Crippen LogP contribution in [0.15, 0.2) is 17.0 Å². The molecule has 0 fully saturated rings. The standard InChI is InChI=1S/C34H63O6PS/c1-6-11-14-17-20-23-26-36-32-29-31(42-41(35,39-9-4)40-10-5)30-33(37-27-24-21-18-15-12-7-2)34(32)38-28-25-22-19-16-13-8-3/h29-30H,6-28H2,1-5H3. The van der Waals surface area contributed by atoms with E-state index in [0.29, 0.717) is 50.3 Å². The molecule has 0 radical (unpaired) electrons. The summed E-state index contributed by atoms with van der Waals surface area (Å²) in [5.74, 6) is 1.96.